The van der Waals surface area contributed by atoms with Crippen molar-refractivity contribution in [2.75, 3.05) is 13.1 Å². The van der Waals surface area contributed by atoms with Crippen molar-refractivity contribution in [3.63, 3.8) is 0 Å². The first-order valence-electron chi connectivity index (χ1n) is 7.17. The lowest BCUT2D eigenvalue weighted by Gasteiger charge is -2.32. The molecule has 0 radical (unpaired) electrons. The van der Waals surface area contributed by atoms with Gasteiger partial charge in [0.25, 0.3) is 0 Å². The van der Waals surface area contributed by atoms with E-state index in [9.17, 15) is 4.79 Å². The summed E-state index contributed by atoms with van der Waals surface area (Å²) in [7, 11) is 0. The molecule has 1 amide bonds. The van der Waals surface area contributed by atoms with Crippen LogP contribution in [0.5, 0.6) is 0 Å². The third kappa shape index (κ3) is 3.20. The van der Waals surface area contributed by atoms with Gasteiger partial charge in [-0.1, -0.05) is 19.9 Å². The minimum absolute atomic E-state index is 0.183. The summed E-state index contributed by atoms with van der Waals surface area (Å²) in [5.41, 5.74) is 3.97. The van der Waals surface area contributed by atoms with Crippen LogP contribution in [0.3, 0.4) is 0 Å². The number of carbonyl (C=O) groups excluding carboxylic acids is 1. The summed E-state index contributed by atoms with van der Waals surface area (Å²) in [6.45, 7) is 11.7. The Bertz CT molecular complexity index is 438. The molecule has 0 fully saturated rings. The molecule has 0 saturated heterocycles. The van der Waals surface area contributed by atoms with E-state index in [1.165, 1.54) is 16.7 Å². The Labute approximate surface area is 116 Å². The molecule has 0 bridgehead atoms. The molecular weight excluding hydrogens is 238 g/mol. The smallest absolute Gasteiger partial charge is 0.410 e. The minimum Gasteiger partial charge on any atom is -0.444 e. The van der Waals surface area contributed by atoms with Crippen molar-refractivity contribution < 1.29 is 9.53 Å². The van der Waals surface area contributed by atoms with Gasteiger partial charge >= 0.3 is 6.09 Å². The summed E-state index contributed by atoms with van der Waals surface area (Å²) in [6.07, 6.45) is 4.12. The lowest BCUT2D eigenvalue weighted by molar-refractivity contribution is 0.0260. The first kappa shape index (κ1) is 14.2. The SMILES string of the molecule is CC(C)C1=CCC2=C1CCN(C(=O)OC(C)(C)C)C2. The van der Waals surface area contributed by atoms with Gasteiger partial charge in [0.2, 0.25) is 0 Å². The molecule has 19 heavy (non-hydrogen) atoms. The summed E-state index contributed by atoms with van der Waals surface area (Å²) in [4.78, 5) is 13.9. The lowest BCUT2D eigenvalue weighted by Crippen LogP contribution is -2.40. The highest BCUT2D eigenvalue weighted by Gasteiger charge is 2.30. The predicted octanol–water partition coefficient (Wildman–Crippen LogP) is 3.91. The Balaban J connectivity index is 2.03. The Morgan fingerprint density at radius 2 is 2.05 bits per heavy atom. The van der Waals surface area contributed by atoms with Gasteiger partial charge in [-0.15, -0.1) is 0 Å². The Hall–Kier alpha value is -1.25. The van der Waals surface area contributed by atoms with Gasteiger partial charge in [-0.3, -0.25) is 0 Å². The predicted molar refractivity (Wildman–Crippen MR) is 77.0 cm³/mol. The third-order valence-corrected chi connectivity index (χ3v) is 3.63. The van der Waals surface area contributed by atoms with E-state index in [1.807, 2.05) is 25.7 Å². The highest BCUT2D eigenvalue weighted by molar-refractivity contribution is 5.69. The van der Waals surface area contributed by atoms with Gasteiger partial charge in [0.15, 0.2) is 0 Å². The average Bonchev–Trinajstić information content (AvgIpc) is 2.68. The molecule has 0 N–H and O–H groups in total. The van der Waals surface area contributed by atoms with E-state index in [0.717, 1.165) is 25.9 Å². The van der Waals surface area contributed by atoms with Crippen LogP contribution in [0.15, 0.2) is 22.8 Å². The van der Waals surface area contributed by atoms with E-state index in [0.29, 0.717) is 5.92 Å². The van der Waals surface area contributed by atoms with Crippen LogP contribution in [0.1, 0.15) is 47.5 Å². The highest BCUT2D eigenvalue weighted by Crippen LogP contribution is 2.36. The second-order valence-corrected chi connectivity index (χ2v) is 6.75. The number of allylic oxidation sites excluding steroid dienone is 2. The van der Waals surface area contributed by atoms with Crippen LogP contribution in [0.4, 0.5) is 4.79 Å². The molecule has 0 unspecified atom stereocenters. The molecule has 106 valence electrons. The van der Waals surface area contributed by atoms with Gasteiger partial charge in [-0.25, -0.2) is 4.79 Å². The molecule has 3 nitrogen and oxygen atoms in total. The van der Waals surface area contributed by atoms with E-state index in [2.05, 4.69) is 19.9 Å². The Kier molecular flexibility index (Phi) is 3.75. The van der Waals surface area contributed by atoms with Crippen LogP contribution in [0, 0.1) is 5.92 Å². The number of hydrogen-bond donors (Lipinski definition) is 0. The minimum atomic E-state index is -0.414. The Morgan fingerprint density at radius 1 is 1.37 bits per heavy atom. The average molecular weight is 263 g/mol. The molecule has 0 aromatic rings. The van der Waals surface area contributed by atoms with E-state index >= 15 is 0 Å². The maximum absolute atomic E-state index is 12.1. The van der Waals surface area contributed by atoms with E-state index < -0.39 is 5.60 Å². The molecule has 1 aliphatic heterocycles. The molecule has 2 rings (SSSR count). The molecule has 0 atom stereocenters. The van der Waals surface area contributed by atoms with Crippen molar-refractivity contribution in [1.29, 1.82) is 0 Å². The zero-order chi connectivity index (χ0) is 14.2. The zero-order valence-corrected chi connectivity index (χ0v) is 12.7. The van der Waals surface area contributed by atoms with Crippen molar-refractivity contribution in [1.82, 2.24) is 4.90 Å². The van der Waals surface area contributed by atoms with Gasteiger partial charge in [0.05, 0.1) is 0 Å². The molecule has 0 aromatic carbocycles. The summed E-state index contributed by atoms with van der Waals surface area (Å²) in [6, 6.07) is 0. The zero-order valence-electron chi connectivity index (χ0n) is 12.7. The topological polar surface area (TPSA) is 29.5 Å². The quantitative estimate of drug-likeness (QED) is 0.718. The van der Waals surface area contributed by atoms with Crippen LogP contribution >= 0.6 is 0 Å². The van der Waals surface area contributed by atoms with Gasteiger partial charge < -0.3 is 9.64 Å². The largest absolute Gasteiger partial charge is 0.444 e. The fraction of sp³-hybridized carbons (Fsp3) is 0.688. The maximum Gasteiger partial charge on any atom is 0.410 e. The molecule has 2 aliphatic rings. The summed E-state index contributed by atoms with van der Waals surface area (Å²) >= 11 is 0. The number of nitrogens with zero attached hydrogens (tertiary/aromatic N) is 1. The number of ether oxygens (including phenoxy) is 1. The first-order chi connectivity index (χ1) is 8.78. The van der Waals surface area contributed by atoms with Crippen LogP contribution in [-0.2, 0) is 4.74 Å². The third-order valence-electron chi connectivity index (χ3n) is 3.63. The van der Waals surface area contributed by atoms with Crippen molar-refractivity contribution in [3.05, 3.63) is 22.8 Å². The summed E-state index contributed by atoms with van der Waals surface area (Å²) < 4.78 is 5.45. The monoisotopic (exact) mass is 263 g/mol. The van der Waals surface area contributed by atoms with Gasteiger partial charge in [0, 0.05) is 13.1 Å². The van der Waals surface area contributed by atoms with Gasteiger partial charge in [0.1, 0.15) is 5.60 Å². The molecular formula is C16H25NO2. The summed E-state index contributed by atoms with van der Waals surface area (Å²) in [5, 5.41) is 0. The van der Waals surface area contributed by atoms with Crippen molar-refractivity contribution in [2.24, 2.45) is 5.92 Å². The molecule has 0 spiro atoms. The second-order valence-electron chi connectivity index (χ2n) is 6.75. The molecule has 0 aromatic heterocycles. The standard InChI is InChI=1S/C16H25NO2/c1-11(2)13-7-6-12-10-17(9-8-14(12)13)15(18)19-16(3,4)5/h7,11H,6,8-10H2,1-5H3. The molecule has 1 heterocycles. The highest BCUT2D eigenvalue weighted by atomic mass is 16.6. The van der Waals surface area contributed by atoms with E-state index in [1.54, 1.807) is 0 Å². The molecule has 3 heteroatoms. The normalized spacial score (nSPS) is 19.7. The Morgan fingerprint density at radius 3 is 2.63 bits per heavy atom. The van der Waals surface area contributed by atoms with E-state index in [4.69, 9.17) is 4.74 Å². The van der Waals surface area contributed by atoms with Crippen LogP contribution in [-0.4, -0.2) is 29.7 Å². The fourth-order valence-electron chi connectivity index (χ4n) is 2.79. The molecule has 1 aliphatic carbocycles. The van der Waals surface area contributed by atoms with Crippen molar-refractivity contribution >= 4 is 6.09 Å². The van der Waals surface area contributed by atoms with Crippen LogP contribution in [0.2, 0.25) is 0 Å². The first-order valence-corrected chi connectivity index (χ1v) is 7.17. The van der Waals surface area contributed by atoms with Gasteiger partial charge in [-0.05, 0) is 56.3 Å². The van der Waals surface area contributed by atoms with Crippen LogP contribution in [0.25, 0.3) is 0 Å². The maximum atomic E-state index is 12.1. The van der Waals surface area contributed by atoms with Crippen molar-refractivity contribution in [2.45, 2.75) is 53.1 Å². The summed E-state index contributed by atoms with van der Waals surface area (Å²) in [5.74, 6) is 0.584. The van der Waals surface area contributed by atoms with Gasteiger partial charge in [-0.2, -0.15) is 0 Å². The van der Waals surface area contributed by atoms with E-state index in [-0.39, 0.29) is 6.09 Å². The number of rotatable bonds is 1. The molecule has 0 saturated carbocycles. The van der Waals surface area contributed by atoms with Crippen molar-refractivity contribution in [3.8, 4) is 0 Å². The number of amides is 1. The lowest BCUT2D eigenvalue weighted by atomic mass is 9.92. The second kappa shape index (κ2) is 5.03. The fourth-order valence-corrected chi connectivity index (χ4v) is 2.79. The number of carbonyl (C=O) groups is 1. The van der Waals surface area contributed by atoms with Crippen LogP contribution < -0.4 is 0 Å². The number of hydrogen-bond acceptors (Lipinski definition) is 2.